The van der Waals surface area contributed by atoms with E-state index in [0.29, 0.717) is 18.5 Å². The van der Waals surface area contributed by atoms with Crippen LogP contribution in [0, 0.1) is 0 Å². The zero-order valence-corrected chi connectivity index (χ0v) is 15.0. The number of benzene rings is 1. The fourth-order valence-corrected chi connectivity index (χ4v) is 3.78. The second-order valence-corrected chi connectivity index (χ2v) is 6.88. The van der Waals surface area contributed by atoms with Crippen LogP contribution >= 0.6 is 0 Å². The molecule has 4 rings (SSSR count). The lowest BCUT2D eigenvalue weighted by Gasteiger charge is -2.41. The Morgan fingerprint density at radius 3 is 2.62 bits per heavy atom. The van der Waals surface area contributed by atoms with E-state index in [1.807, 2.05) is 35.2 Å². The van der Waals surface area contributed by atoms with Gasteiger partial charge >= 0.3 is 0 Å². The molecule has 2 aromatic rings. The van der Waals surface area contributed by atoms with E-state index in [4.69, 9.17) is 4.74 Å². The highest BCUT2D eigenvalue weighted by Gasteiger charge is 2.32. The van der Waals surface area contributed by atoms with E-state index in [1.54, 1.807) is 7.05 Å². The molecule has 0 spiro atoms. The molecule has 0 saturated carbocycles. The van der Waals surface area contributed by atoms with E-state index >= 15 is 0 Å². The number of rotatable bonds is 3. The Labute approximate surface area is 152 Å². The molecule has 1 unspecified atom stereocenters. The second-order valence-electron chi connectivity index (χ2n) is 6.88. The minimum Gasteiger partial charge on any atom is -0.367 e. The predicted octanol–water partition coefficient (Wildman–Crippen LogP) is 0.888. The number of morpholine rings is 1. The molecule has 2 aliphatic heterocycles. The number of hydrogen-bond acceptors (Lipinski definition) is 6. The van der Waals surface area contributed by atoms with Crippen LogP contribution in [0.2, 0.25) is 0 Å². The third kappa shape index (κ3) is 3.61. The third-order valence-corrected chi connectivity index (χ3v) is 5.20. The van der Waals surface area contributed by atoms with E-state index in [2.05, 4.69) is 20.3 Å². The van der Waals surface area contributed by atoms with E-state index in [0.717, 1.165) is 44.6 Å². The molecule has 0 bridgehead atoms. The van der Waals surface area contributed by atoms with Crippen LogP contribution in [0.15, 0.2) is 30.3 Å². The van der Waals surface area contributed by atoms with Crippen LogP contribution in [0.1, 0.15) is 35.1 Å². The summed E-state index contributed by atoms with van der Waals surface area (Å²) < 4.78 is 5.83. The van der Waals surface area contributed by atoms with Crippen molar-refractivity contribution in [3.63, 3.8) is 0 Å². The van der Waals surface area contributed by atoms with Gasteiger partial charge in [0.1, 0.15) is 6.10 Å². The maximum Gasteiger partial charge on any atom is 0.253 e. The molecule has 26 heavy (non-hydrogen) atoms. The Morgan fingerprint density at radius 1 is 1.15 bits per heavy atom. The van der Waals surface area contributed by atoms with Gasteiger partial charge in [-0.2, -0.15) is 4.80 Å². The van der Waals surface area contributed by atoms with Crippen LogP contribution in [0.3, 0.4) is 0 Å². The van der Waals surface area contributed by atoms with Gasteiger partial charge in [-0.25, -0.2) is 0 Å². The second kappa shape index (κ2) is 7.51. The first-order valence-corrected chi connectivity index (χ1v) is 9.14. The number of hydrogen-bond donors (Lipinski definition) is 0. The van der Waals surface area contributed by atoms with Crippen LogP contribution in [0.4, 0.5) is 0 Å². The Kier molecular flexibility index (Phi) is 4.94. The van der Waals surface area contributed by atoms with Gasteiger partial charge < -0.3 is 9.64 Å². The van der Waals surface area contributed by atoms with Gasteiger partial charge in [-0.05, 0) is 30.2 Å². The average molecular weight is 356 g/mol. The van der Waals surface area contributed by atoms with Crippen molar-refractivity contribution in [1.82, 2.24) is 30.0 Å². The summed E-state index contributed by atoms with van der Waals surface area (Å²) in [6, 6.07) is 9.99. The number of nitrogens with zero attached hydrogens (tertiary/aromatic N) is 6. The van der Waals surface area contributed by atoms with Crippen molar-refractivity contribution in [3.8, 4) is 0 Å². The number of ether oxygens (including phenoxy) is 1. The molecule has 8 nitrogen and oxygen atoms in total. The molecule has 1 aromatic heterocycles. The summed E-state index contributed by atoms with van der Waals surface area (Å²) in [6.07, 6.45) is 1.85. The number of carbonyl (C=O) groups excluding carboxylic acids is 1. The van der Waals surface area contributed by atoms with Gasteiger partial charge in [0.2, 0.25) is 5.82 Å². The van der Waals surface area contributed by atoms with Gasteiger partial charge in [0.05, 0.1) is 13.7 Å². The molecule has 0 radical (unpaired) electrons. The molecule has 1 aromatic carbocycles. The lowest BCUT2D eigenvalue weighted by molar-refractivity contribution is -0.0561. The Balaban J connectivity index is 1.33. The van der Waals surface area contributed by atoms with Gasteiger partial charge in [-0.15, -0.1) is 10.2 Å². The summed E-state index contributed by atoms with van der Waals surface area (Å²) in [4.78, 5) is 18.5. The smallest absolute Gasteiger partial charge is 0.253 e. The molecule has 0 aliphatic carbocycles. The molecular weight excluding hydrogens is 332 g/mol. The summed E-state index contributed by atoms with van der Waals surface area (Å²) in [6.45, 7) is 3.96. The van der Waals surface area contributed by atoms with Gasteiger partial charge in [0.25, 0.3) is 5.91 Å². The molecule has 2 fully saturated rings. The first-order valence-electron chi connectivity index (χ1n) is 9.14. The monoisotopic (exact) mass is 356 g/mol. The maximum atomic E-state index is 12.6. The fraction of sp³-hybridized carbons (Fsp3) is 0.556. The molecule has 8 heteroatoms. The van der Waals surface area contributed by atoms with Crippen LogP contribution in [0.25, 0.3) is 0 Å². The number of likely N-dealkylation sites (tertiary alicyclic amines) is 1. The largest absolute Gasteiger partial charge is 0.367 e. The van der Waals surface area contributed by atoms with Crippen molar-refractivity contribution in [3.05, 3.63) is 41.7 Å². The number of amides is 1. The number of aromatic nitrogens is 4. The molecular formula is C18H24N6O2. The highest BCUT2D eigenvalue weighted by molar-refractivity contribution is 5.94. The SMILES string of the molecule is Cn1nnc(C2CN(C3CCN(C(=O)c4ccccc4)CC3)CCO2)n1. The first-order chi connectivity index (χ1) is 12.7. The van der Waals surface area contributed by atoms with Gasteiger partial charge in [0, 0.05) is 37.8 Å². The summed E-state index contributed by atoms with van der Waals surface area (Å²) in [5.74, 6) is 0.779. The highest BCUT2D eigenvalue weighted by Crippen LogP contribution is 2.25. The van der Waals surface area contributed by atoms with Crippen molar-refractivity contribution in [2.45, 2.75) is 25.0 Å². The third-order valence-electron chi connectivity index (χ3n) is 5.20. The molecule has 1 amide bonds. The highest BCUT2D eigenvalue weighted by atomic mass is 16.5. The van der Waals surface area contributed by atoms with Crippen LogP contribution < -0.4 is 0 Å². The Morgan fingerprint density at radius 2 is 1.92 bits per heavy atom. The summed E-state index contributed by atoms with van der Waals surface area (Å²) in [7, 11) is 1.76. The summed E-state index contributed by atoms with van der Waals surface area (Å²) in [5.41, 5.74) is 0.770. The molecule has 0 N–H and O–H groups in total. The molecule has 138 valence electrons. The van der Waals surface area contributed by atoms with Crippen molar-refractivity contribution in [2.75, 3.05) is 32.8 Å². The van der Waals surface area contributed by atoms with Gasteiger partial charge in [-0.1, -0.05) is 18.2 Å². The van der Waals surface area contributed by atoms with Crippen LogP contribution in [-0.4, -0.2) is 74.7 Å². The summed E-state index contributed by atoms with van der Waals surface area (Å²) in [5, 5.41) is 12.3. The van der Waals surface area contributed by atoms with E-state index in [9.17, 15) is 4.79 Å². The molecule has 2 saturated heterocycles. The topological polar surface area (TPSA) is 76.4 Å². The number of tetrazole rings is 1. The molecule has 1 atom stereocenters. The number of aryl methyl sites for hydroxylation is 1. The standard InChI is InChI=1S/C18H24N6O2/c1-22-20-17(19-21-22)16-13-24(11-12-26-16)15-7-9-23(10-8-15)18(25)14-5-3-2-4-6-14/h2-6,15-16H,7-13H2,1H3. The zero-order chi connectivity index (χ0) is 17.9. The number of piperidine rings is 1. The minimum absolute atomic E-state index is 0.124. The van der Waals surface area contributed by atoms with Crippen LogP contribution in [0.5, 0.6) is 0 Å². The van der Waals surface area contributed by atoms with Crippen molar-refractivity contribution < 1.29 is 9.53 Å². The summed E-state index contributed by atoms with van der Waals surface area (Å²) >= 11 is 0. The van der Waals surface area contributed by atoms with Gasteiger partial charge in [0.15, 0.2) is 0 Å². The van der Waals surface area contributed by atoms with Crippen molar-refractivity contribution in [2.24, 2.45) is 7.05 Å². The normalized spacial score (nSPS) is 22.5. The minimum atomic E-state index is -0.124. The quantitative estimate of drug-likeness (QED) is 0.813. The average Bonchev–Trinajstić information content (AvgIpc) is 3.15. The molecule has 3 heterocycles. The Bertz CT molecular complexity index is 741. The van der Waals surface area contributed by atoms with Crippen molar-refractivity contribution in [1.29, 1.82) is 0 Å². The Hall–Kier alpha value is -2.32. The maximum absolute atomic E-state index is 12.6. The lowest BCUT2D eigenvalue weighted by atomic mass is 10.0. The fourth-order valence-electron chi connectivity index (χ4n) is 3.78. The number of carbonyl (C=O) groups is 1. The first kappa shape index (κ1) is 17.1. The molecule has 2 aliphatic rings. The van der Waals surface area contributed by atoms with E-state index in [1.165, 1.54) is 4.80 Å². The van der Waals surface area contributed by atoms with Gasteiger partial charge in [-0.3, -0.25) is 9.69 Å². The van der Waals surface area contributed by atoms with Crippen molar-refractivity contribution >= 4 is 5.91 Å². The zero-order valence-electron chi connectivity index (χ0n) is 15.0. The van der Waals surface area contributed by atoms with E-state index in [-0.39, 0.29) is 12.0 Å². The lowest BCUT2D eigenvalue weighted by Crippen LogP contribution is -2.50. The van der Waals surface area contributed by atoms with Crippen LogP contribution in [-0.2, 0) is 11.8 Å². The van der Waals surface area contributed by atoms with E-state index < -0.39 is 0 Å². The predicted molar refractivity (Wildman–Crippen MR) is 94.4 cm³/mol.